The molecule has 1 heterocycles. The van der Waals surface area contributed by atoms with Gasteiger partial charge in [-0.05, 0) is 13.8 Å². The fourth-order valence-corrected chi connectivity index (χ4v) is 1.45. The van der Waals surface area contributed by atoms with Crippen LogP contribution in [0.25, 0.3) is 0 Å². The Labute approximate surface area is 92.1 Å². The molecule has 0 amide bonds. The number of nitrogens with zero attached hydrogens (tertiary/aromatic N) is 2. The van der Waals surface area contributed by atoms with Gasteiger partial charge in [-0.2, -0.15) is 13.2 Å². The van der Waals surface area contributed by atoms with Crippen molar-refractivity contribution < 1.29 is 13.2 Å². The van der Waals surface area contributed by atoms with Gasteiger partial charge in [-0.15, -0.1) is 0 Å². The zero-order valence-corrected chi connectivity index (χ0v) is 9.12. The second-order valence-electron chi connectivity index (χ2n) is 3.74. The highest BCUT2D eigenvalue weighted by Crippen LogP contribution is 2.22. The van der Waals surface area contributed by atoms with Crippen molar-refractivity contribution in [3.63, 3.8) is 0 Å². The molecule has 0 radical (unpaired) electrons. The summed E-state index contributed by atoms with van der Waals surface area (Å²) in [5, 5.41) is 2.83. The van der Waals surface area contributed by atoms with Gasteiger partial charge >= 0.3 is 6.18 Å². The van der Waals surface area contributed by atoms with E-state index < -0.39 is 18.6 Å². The first-order valence-corrected chi connectivity index (χ1v) is 4.97. The molecule has 3 nitrogen and oxygen atoms in total. The van der Waals surface area contributed by atoms with Crippen LogP contribution in [0.4, 0.5) is 13.2 Å². The van der Waals surface area contributed by atoms with Crippen LogP contribution in [0.15, 0.2) is 18.6 Å². The highest BCUT2D eigenvalue weighted by atomic mass is 19.4. The minimum Gasteiger partial charge on any atom is -0.306 e. The predicted octanol–water partition coefficient (Wildman–Crippen LogP) is 2.47. The lowest BCUT2D eigenvalue weighted by Gasteiger charge is -2.20. The fraction of sp³-hybridized carbons (Fsp3) is 0.600. The van der Waals surface area contributed by atoms with Gasteiger partial charge in [0, 0.05) is 30.7 Å². The van der Waals surface area contributed by atoms with Crippen LogP contribution in [-0.4, -0.2) is 22.2 Å². The third kappa shape index (κ3) is 4.57. The van der Waals surface area contributed by atoms with Gasteiger partial charge in [-0.25, -0.2) is 0 Å². The molecule has 0 spiro atoms. The molecule has 1 aromatic heterocycles. The van der Waals surface area contributed by atoms with Crippen molar-refractivity contribution in [3.8, 4) is 0 Å². The molecule has 0 aromatic carbocycles. The summed E-state index contributed by atoms with van der Waals surface area (Å²) in [6, 6.07) is -0.886. The number of rotatable bonds is 4. The molecule has 0 aliphatic rings. The van der Waals surface area contributed by atoms with Crippen LogP contribution < -0.4 is 5.32 Å². The minimum atomic E-state index is -4.14. The van der Waals surface area contributed by atoms with E-state index in [9.17, 15) is 13.2 Å². The van der Waals surface area contributed by atoms with Crippen molar-refractivity contribution in [1.29, 1.82) is 0 Å². The van der Waals surface area contributed by atoms with Gasteiger partial charge in [0.05, 0.1) is 12.1 Å². The van der Waals surface area contributed by atoms with Crippen LogP contribution in [-0.2, 0) is 0 Å². The molecule has 0 fully saturated rings. The van der Waals surface area contributed by atoms with E-state index >= 15 is 0 Å². The number of aromatic nitrogens is 2. The molecule has 0 saturated carbocycles. The van der Waals surface area contributed by atoms with Crippen molar-refractivity contribution >= 4 is 0 Å². The van der Waals surface area contributed by atoms with Gasteiger partial charge in [-0.3, -0.25) is 9.97 Å². The number of alkyl halides is 3. The summed E-state index contributed by atoms with van der Waals surface area (Å²) in [4.78, 5) is 7.88. The number of hydrogen-bond acceptors (Lipinski definition) is 3. The molecule has 1 aromatic rings. The van der Waals surface area contributed by atoms with Gasteiger partial charge in [0.15, 0.2) is 0 Å². The Bertz CT molecular complexity index is 313. The van der Waals surface area contributed by atoms with E-state index in [0.29, 0.717) is 5.69 Å². The second kappa shape index (κ2) is 5.25. The molecule has 90 valence electrons. The maximum Gasteiger partial charge on any atom is 0.390 e. The molecule has 0 bridgehead atoms. The highest BCUT2D eigenvalue weighted by Gasteiger charge is 2.30. The molecule has 6 heteroatoms. The molecular formula is C10H14F3N3. The van der Waals surface area contributed by atoms with Crippen molar-refractivity contribution in [1.82, 2.24) is 15.3 Å². The van der Waals surface area contributed by atoms with E-state index in [-0.39, 0.29) is 6.04 Å². The third-order valence-electron chi connectivity index (χ3n) is 2.10. The Balaban J connectivity index is 2.49. The van der Waals surface area contributed by atoms with Crippen LogP contribution in [0.5, 0.6) is 0 Å². The normalized spacial score (nSPS) is 15.8. The average molecular weight is 233 g/mol. The van der Waals surface area contributed by atoms with Crippen LogP contribution >= 0.6 is 0 Å². The van der Waals surface area contributed by atoms with E-state index in [1.807, 2.05) is 0 Å². The quantitative estimate of drug-likeness (QED) is 0.868. The minimum absolute atomic E-state index is 0.244. The zero-order valence-electron chi connectivity index (χ0n) is 9.12. The second-order valence-corrected chi connectivity index (χ2v) is 3.74. The first-order valence-electron chi connectivity index (χ1n) is 4.97. The summed E-state index contributed by atoms with van der Waals surface area (Å²) in [6.45, 7) is 3.26. The maximum atomic E-state index is 12.1. The summed E-state index contributed by atoms with van der Waals surface area (Å²) < 4.78 is 36.3. The van der Waals surface area contributed by atoms with E-state index in [1.165, 1.54) is 25.5 Å². The van der Waals surface area contributed by atoms with Gasteiger partial charge in [-0.1, -0.05) is 0 Å². The Morgan fingerprint density at radius 1 is 1.31 bits per heavy atom. The number of nitrogens with one attached hydrogen (secondary N) is 1. The number of hydrogen-bond donors (Lipinski definition) is 1. The van der Waals surface area contributed by atoms with Crippen molar-refractivity contribution in [2.45, 2.75) is 38.5 Å². The number of halogens is 3. The van der Waals surface area contributed by atoms with Crippen LogP contribution in [0.1, 0.15) is 32.0 Å². The summed E-state index contributed by atoms with van der Waals surface area (Å²) >= 11 is 0. The van der Waals surface area contributed by atoms with Crippen LogP contribution in [0.2, 0.25) is 0 Å². The standard InChI is InChI=1S/C10H14F3N3/c1-7(5-10(11,12)13)16-8(2)9-6-14-3-4-15-9/h3-4,6-8,16H,5H2,1-2H3. The third-order valence-corrected chi connectivity index (χ3v) is 2.10. The predicted molar refractivity (Wildman–Crippen MR) is 53.7 cm³/mol. The Kier molecular flexibility index (Phi) is 4.23. The molecule has 0 saturated heterocycles. The lowest BCUT2D eigenvalue weighted by Crippen LogP contribution is -2.33. The maximum absolute atomic E-state index is 12.1. The smallest absolute Gasteiger partial charge is 0.306 e. The van der Waals surface area contributed by atoms with Crippen LogP contribution in [0.3, 0.4) is 0 Å². The van der Waals surface area contributed by atoms with Crippen molar-refractivity contribution in [3.05, 3.63) is 24.3 Å². The van der Waals surface area contributed by atoms with E-state index in [0.717, 1.165) is 0 Å². The lowest BCUT2D eigenvalue weighted by atomic mass is 10.1. The molecule has 0 aliphatic carbocycles. The van der Waals surface area contributed by atoms with E-state index in [4.69, 9.17) is 0 Å². The summed E-state index contributed by atoms with van der Waals surface area (Å²) in [7, 11) is 0. The topological polar surface area (TPSA) is 37.8 Å². The summed E-state index contributed by atoms with van der Waals surface area (Å²) in [5.74, 6) is 0. The van der Waals surface area contributed by atoms with Gasteiger partial charge < -0.3 is 5.32 Å². The Morgan fingerprint density at radius 2 is 2.00 bits per heavy atom. The van der Waals surface area contributed by atoms with E-state index in [2.05, 4.69) is 15.3 Å². The lowest BCUT2D eigenvalue weighted by molar-refractivity contribution is -0.139. The van der Waals surface area contributed by atoms with Crippen LogP contribution in [0, 0.1) is 0 Å². The molecule has 1 N–H and O–H groups in total. The van der Waals surface area contributed by atoms with Crippen molar-refractivity contribution in [2.75, 3.05) is 0 Å². The average Bonchev–Trinajstić information content (AvgIpc) is 2.16. The molecule has 1 rings (SSSR count). The molecule has 2 atom stereocenters. The van der Waals surface area contributed by atoms with E-state index in [1.54, 1.807) is 6.92 Å². The van der Waals surface area contributed by atoms with Crippen molar-refractivity contribution in [2.24, 2.45) is 0 Å². The Morgan fingerprint density at radius 3 is 2.50 bits per heavy atom. The highest BCUT2D eigenvalue weighted by molar-refractivity contribution is 5.00. The Hall–Kier alpha value is -1.17. The monoisotopic (exact) mass is 233 g/mol. The molecule has 16 heavy (non-hydrogen) atoms. The first kappa shape index (κ1) is 12.9. The van der Waals surface area contributed by atoms with Gasteiger partial charge in [0.2, 0.25) is 0 Å². The summed E-state index contributed by atoms with van der Waals surface area (Å²) in [6.07, 6.45) is -0.415. The largest absolute Gasteiger partial charge is 0.390 e. The molecular weight excluding hydrogens is 219 g/mol. The fourth-order valence-electron chi connectivity index (χ4n) is 1.45. The molecule has 0 aliphatic heterocycles. The SMILES string of the molecule is CC(CC(F)(F)F)NC(C)c1cnccn1. The van der Waals surface area contributed by atoms with Gasteiger partial charge in [0.25, 0.3) is 0 Å². The van der Waals surface area contributed by atoms with Gasteiger partial charge in [0.1, 0.15) is 0 Å². The molecule has 2 unspecified atom stereocenters. The first-order chi connectivity index (χ1) is 7.38. The summed E-state index contributed by atoms with van der Waals surface area (Å²) in [5.41, 5.74) is 0.636. The zero-order chi connectivity index (χ0) is 12.2.